The molecule has 0 amide bonds. The number of rotatable bonds is 1. The van der Waals surface area contributed by atoms with E-state index in [-0.39, 0.29) is 11.5 Å². The van der Waals surface area contributed by atoms with Crippen molar-refractivity contribution < 1.29 is 4.84 Å². The van der Waals surface area contributed by atoms with Crippen LogP contribution in [0.25, 0.3) is 0 Å². The third-order valence-electron chi connectivity index (χ3n) is 3.39. The molecule has 0 radical (unpaired) electrons. The van der Waals surface area contributed by atoms with Gasteiger partial charge in [0.2, 0.25) is 0 Å². The Morgan fingerprint density at radius 1 is 1.47 bits per heavy atom. The van der Waals surface area contributed by atoms with Crippen molar-refractivity contribution in [3.8, 4) is 0 Å². The Hall–Kier alpha value is -0.210. The predicted octanol–water partition coefficient (Wildman–Crippen LogP) is 3.53. The van der Waals surface area contributed by atoms with E-state index in [1.54, 1.807) is 6.26 Å². The van der Waals surface area contributed by atoms with Crippen molar-refractivity contribution in [3.05, 3.63) is 11.3 Å². The minimum Gasteiger partial charge on any atom is -0.412 e. The van der Waals surface area contributed by atoms with E-state index in [2.05, 4.69) is 39.7 Å². The van der Waals surface area contributed by atoms with Gasteiger partial charge in [-0.25, -0.2) is 0 Å². The molecule has 15 heavy (non-hydrogen) atoms. The maximum atomic E-state index is 6.22. The van der Waals surface area contributed by atoms with Crippen molar-refractivity contribution in [1.29, 1.82) is 0 Å². The van der Waals surface area contributed by atoms with E-state index in [4.69, 9.17) is 16.4 Å². The van der Waals surface area contributed by atoms with Crippen LogP contribution in [-0.2, 0) is 4.84 Å². The van der Waals surface area contributed by atoms with Crippen LogP contribution < -0.4 is 0 Å². The SMILES string of the molecule is CC(C)(C)C1C(Cl)=CON1C1CC1(C)C. The summed E-state index contributed by atoms with van der Waals surface area (Å²) in [5.41, 5.74) is 0.488. The van der Waals surface area contributed by atoms with Gasteiger partial charge in [-0.15, -0.1) is 5.06 Å². The van der Waals surface area contributed by atoms with Gasteiger partial charge in [0.15, 0.2) is 0 Å². The average Bonchev–Trinajstić information content (AvgIpc) is 2.52. The van der Waals surface area contributed by atoms with Gasteiger partial charge in [0.05, 0.1) is 17.1 Å². The number of halogens is 1. The molecule has 1 saturated carbocycles. The highest BCUT2D eigenvalue weighted by Crippen LogP contribution is 2.53. The van der Waals surface area contributed by atoms with Crippen LogP contribution in [0.2, 0.25) is 0 Å². The minimum atomic E-state index is 0.114. The standard InChI is InChI=1S/C12H20ClNO/c1-11(2,3)10-8(13)7-15-14(10)9-6-12(9,4)5/h7,9-10H,6H2,1-5H3. The maximum Gasteiger partial charge on any atom is 0.127 e. The Labute approximate surface area is 97.2 Å². The summed E-state index contributed by atoms with van der Waals surface area (Å²) in [7, 11) is 0. The molecule has 1 aliphatic heterocycles. The predicted molar refractivity (Wildman–Crippen MR) is 62.3 cm³/mol. The van der Waals surface area contributed by atoms with Gasteiger partial charge < -0.3 is 4.84 Å². The first kappa shape index (κ1) is 11.3. The van der Waals surface area contributed by atoms with Gasteiger partial charge in [0, 0.05) is 0 Å². The van der Waals surface area contributed by atoms with Crippen LogP contribution in [-0.4, -0.2) is 17.1 Å². The van der Waals surface area contributed by atoms with Crippen molar-refractivity contribution >= 4 is 11.6 Å². The smallest absolute Gasteiger partial charge is 0.127 e. The molecule has 2 aliphatic rings. The molecule has 0 saturated heterocycles. The van der Waals surface area contributed by atoms with Gasteiger partial charge in [0.25, 0.3) is 0 Å². The number of hydroxylamine groups is 2. The first-order valence-electron chi connectivity index (χ1n) is 5.54. The summed E-state index contributed by atoms with van der Waals surface area (Å²) in [5.74, 6) is 0. The Morgan fingerprint density at radius 3 is 2.40 bits per heavy atom. The summed E-state index contributed by atoms with van der Waals surface area (Å²) in [5, 5.41) is 2.91. The van der Waals surface area contributed by atoms with Crippen LogP contribution in [0.4, 0.5) is 0 Å². The van der Waals surface area contributed by atoms with Crippen molar-refractivity contribution in [2.75, 3.05) is 0 Å². The van der Waals surface area contributed by atoms with Crippen LogP contribution >= 0.6 is 11.6 Å². The number of hydrogen-bond acceptors (Lipinski definition) is 2. The van der Waals surface area contributed by atoms with Gasteiger partial charge >= 0.3 is 0 Å². The first-order chi connectivity index (χ1) is 6.73. The van der Waals surface area contributed by atoms with Crippen molar-refractivity contribution in [1.82, 2.24) is 5.06 Å². The first-order valence-corrected chi connectivity index (χ1v) is 5.92. The van der Waals surface area contributed by atoms with E-state index < -0.39 is 0 Å². The molecule has 2 rings (SSSR count). The lowest BCUT2D eigenvalue weighted by Crippen LogP contribution is -2.42. The van der Waals surface area contributed by atoms with Crippen LogP contribution in [0.5, 0.6) is 0 Å². The van der Waals surface area contributed by atoms with E-state index in [0.29, 0.717) is 11.5 Å². The van der Waals surface area contributed by atoms with Gasteiger partial charge in [-0.05, 0) is 17.3 Å². The molecular weight excluding hydrogens is 210 g/mol. The highest BCUT2D eigenvalue weighted by atomic mass is 35.5. The van der Waals surface area contributed by atoms with Crippen LogP contribution in [0.1, 0.15) is 41.0 Å². The van der Waals surface area contributed by atoms with Crippen LogP contribution in [0.3, 0.4) is 0 Å². The lowest BCUT2D eigenvalue weighted by molar-refractivity contribution is -0.141. The summed E-state index contributed by atoms with van der Waals surface area (Å²) in [6.45, 7) is 11.1. The molecule has 2 nitrogen and oxygen atoms in total. The lowest BCUT2D eigenvalue weighted by Gasteiger charge is -2.34. The van der Waals surface area contributed by atoms with E-state index in [9.17, 15) is 0 Å². The number of hydrogen-bond donors (Lipinski definition) is 0. The topological polar surface area (TPSA) is 12.5 Å². The minimum absolute atomic E-state index is 0.114. The molecule has 2 unspecified atom stereocenters. The zero-order chi connectivity index (χ0) is 11.4. The largest absolute Gasteiger partial charge is 0.412 e. The van der Waals surface area contributed by atoms with E-state index >= 15 is 0 Å². The molecular formula is C12H20ClNO. The normalized spacial score (nSPS) is 34.9. The molecule has 86 valence electrons. The lowest BCUT2D eigenvalue weighted by atomic mass is 9.86. The molecule has 0 spiro atoms. The quantitative estimate of drug-likeness (QED) is 0.682. The van der Waals surface area contributed by atoms with Gasteiger partial charge in [-0.3, -0.25) is 0 Å². The Balaban J connectivity index is 2.16. The summed E-state index contributed by atoms with van der Waals surface area (Å²) in [6.07, 6.45) is 2.88. The zero-order valence-electron chi connectivity index (χ0n) is 10.2. The molecule has 0 aromatic carbocycles. The van der Waals surface area contributed by atoms with Crippen molar-refractivity contribution in [2.24, 2.45) is 10.8 Å². The Morgan fingerprint density at radius 2 is 2.00 bits per heavy atom. The Kier molecular flexibility index (Phi) is 2.36. The molecule has 3 heteroatoms. The molecule has 2 atom stereocenters. The maximum absolute atomic E-state index is 6.22. The molecule has 0 N–H and O–H groups in total. The van der Waals surface area contributed by atoms with Gasteiger partial charge in [-0.1, -0.05) is 46.2 Å². The third kappa shape index (κ3) is 1.90. The van der Waals surface area contributed by atoms with Gasteiger partial charge in [-0.2, -0.15) is 0 Å². The van der Waals surface area contributed by atoms with Crippen LogP contribution in [0.15, 0.2) is 11.3 Å². The zero-order valence-corrected chi connectivity index (χ0v) is 10.9. The van der Waals surface area contributed by atoms with Crippen LogP contribution in [0, 0.1) is 10.8 Å². The summed E-state index contributed by atoms with van der Waals surface area (Å²) in [4.78, 5) is 5.60. The van der Waals surface area contributed by atoms with Gasteiger partial charge in [0.1, 0.15) is 6.26 Å². The second kappa shape index (κ2) is 3.14. The number of nitrogens with zero attached hydrogens (tertiary/aromatic N) is 1. The Bertz CT molecular complexity index is 303. The molecule has 1 heterocycles. The van der Waals surface area contributed by atoms with E-state index in [1.165, 1.54) is 6.42 Å². The summed E-state index contributed by atoms with van der Waals surface area (Å²) >= 11 is 6.22. The molecule has 1 aliphatic carbocycles. The third-order valence-corrected chi connectivity index (χ3v) is 3.69. The molecule has 0 aromatic heterocycles. The molecule has 0 bridgehead atoms. The average molecular weight is 230 g/mol. The fourth-order valence-corrected chi connectivity index (χ4v) is 2.74. The van der Waals surface area contributed by atoms with Crippen molar-refractivity contribution in [3.63, 3.8) is 0 Å². The second-order valence-electron chi connectivity index (χ2n) is 6.45. The molecule has 0 aromatic rings. The van der Waals surface area contributed by atoms with E-state index in [1.807, 2.05) is 0 Å². The second-order valence-corrected chi connectivity index (χ2v) is 6.88. The fourth-order valence-electron chi connectivity index (χ4n) is 2.28. The van der Waals surface area contributed by atoms with E-state index in [0.717, 1.165) is 5.03 Å². The monoisotopic (exact) mass is 229 g/mol. The fraction of sp³-hybridized carbons (Fsp3) is 0.833. The highest BCUT2D eigenvalue weighted by molar-refractivity contribution is 6.30. The molecule has 1 fully saturated rings. The van der Waals surface area contributed by atoms with Crippen molar-refractivity contribution in [2.45, 2.75) is 53.1 Å². The summed E-state index contributed by atoms with van der Waals surface area (Å²) < 4.78 is 0. The summed E-state index contributed by atoms with van der Waals surface area (Å²) in [6, 6.07) is 0.708. The highest BCUT2D eigenvalue weighted by Gasteiger charge is 2.56.